The van der Waals surface area contributed by atoms with E-state index >= 15 is 0 Å². The molecule has 3 rings (SSSR count). The highest BCUT2D eigenvalue weighted by atomic mass is 32.1. The monoisotopic (exact) mass is 256 g/mol. The molecule has 94 valence electrons. The van der Waals surface area contributed by atoms with Crippen molar-refractivity contribution in [2.24, 2.45) is 0 Å². The van der Waals surface area contributed by atoms with Crippen molar-refractivity contribution in [1.29, 1.82) is 0 Å². The third-order valence-electron chi connectivity index (χ3n) is 4.58. The van der Waals surface area contributed by atoms with Crippen LogP contribution in [-0.4, -0.2) is 0 Å². The van der Waals surface area contributed by atoms with Crippen LogP contribution in [0, 0.1) is 20.8 Å². The van der Waals surface area contributed by atoms with Crippen molar-refractivity contribution < 1.29 is 0 Å². The highest BCUT2D eigenvalue weighted by molar-refractivity contribution is 7.12. The summed E-state index contributed by atoms with van der Waals surface area (Å²) in [4.78, 5) is 3.01. The van der Waals surface area contributed by atoms with Crippen LogP contribution >= 0.6 is 11.3 Å². The molecule has 2 aromatic rings. The van der Waals surface area contributed by atoms with Gasteiger partial charge in [0.1, 0.15) is 0 Å². The summed E-state index contributed by atoms with van der Waals surface area (Å²) in [5.74, 6) is 1.35. The van der Waals surface area contributed by atoms with E-state index in [2.05, 4.69) is 52.0 Å². The SMILES string of the molecule is Cc1sc(C)c(C2Cc3ccccc3[C@H]2C)c1C. The summed E-state index contributed by atoms with van der Waals surface area (Å²) in [6.45, 7) is 9.23. The van der Waals surface area contributed by atoms with Crippen molar-refractivity contribution in [3.8, 4) is 0 Å². The number of hydrogen-bond donors (Lipinski definition) is 0. The quantitative estimate of drug-likeness (QED) is 0.664. The van der Waals surface area contributed by atoms with Crippen LogP contribution in [0.5, 0.6) is 0 Å². The summed E-state index contributed by atoms with van der Waals surface area (Å²) in [5.41, 5.74) is 6.27. The maximum absolute atomic E-state index is 2.39. The Kier molecular flexibility index (Phi) is 2.82. The zero-order valence-corrected chi connectivity index (χ0v) is 12.4. The van der Waals surface area contributed by atoms with Crippen molar-refractivity contribution in [2.75, 3.05) is 0 Å². The second-order valence-electron chi connectivity index (χ2n) is 5.55. The van der Waals surface area contributed by atoms with E-state index in [9.17, 15) is 0 Å². The smallest absolute Gasteiger partial charge is 0.00549 e. The summed E-state index contributed by atoms with van der Waals surface area (Å²) in [6.07, 6.45) is 1.22. The zero-order valence-electron chi connectivity index (χ0n) is 11.6. The zero-order chi connectivity index (χ0) is 12.9. The van der Waals surface area contributed by atoms with E-state index in [1.165, 1.54) is 21.7 Å². The molecule has 0 N–H and O–H groups in total. The molecular weight excluding hydrogens is 236 g/mol. The number of benzene rings is 1. The van der Waals surface area contributed by atoms with E-state index in [-0.39, 0.29) is 0 Å². The van der Waals surface area contributed by atoms with E-state index < -0.39 is 0 Å². The summed E-state index contributed by atoms with van der Waals surface area (Å²) in [5, 5.41) is 0. The fourth-order valence-electron chi connectivity index (χ4n) is 3.50. The minimum absolute atomic E-state index is 0.660. The van der Waals surface area contributed by atoms with Gasteiger partial charge in [-0.2, -0.15) is 0 Å². The predicted octanol–water partition coefficient (Wildman–Crippen LogP) is 5.12. The van der Waals surface area contributed by atoms with Gasteiger partial charge in [-0.15, -0.1) is 11.3 Å². The van der Waals surface area contributed by atoms with Crippen LogP contribution in [0.1, 0.15) is 50.8 Å². The second-order valence-corrected chi connectivity index (χ2v) is 6.98. The normalized spacial score (nSPS) is 22.2. The summed E-state index contributed by atoms with van der Waals surface area (Å²) >= 11 is 1.96. The Bertz CT molecular complexity index is 592. The maximum Gasteiger partial charge on any atom is 0.00549 e. The van der Waals surface area contributed by atoms with E-state index in [4.69, 9.17) is 0 Å². The van der Waals surface area contributed by atoms with Gasteiger partial charge in [-0.3, -0.25) is 0 Å². The summed E-state index contributed by atoms with van der Waals surface area (Å²) < 4.78 is 0. The molecule has 1 heteroatoms. The van der Waals surface area contributed by atoms with Gasteiger partial charge in [-0.1, -0.05) is 31.2 Å². The van der Waals surface area contributed by atoms with Crippen LogP contribution in [0.2, 0.25) is 0 Å². The minimum atomic E-state index is 0.660. The lowest BCUT2D eigenvalue weighted by molar-refractivity contribution is 0.622. The Labute approximate surface area is 114 Å². The van der Waals surface area contributed by atoms with E-state index in [1.54, 1.807) is 16.7 Å². The topological polar surface area (TPSA) is 0 Å². The Morgan fingerprint density at radius 2 is 1.78 bits per heavy atom. The molecule has 0 spiro atoms. The number of fused-ring (bicyclic) bond motifs is 1. The lowest BCUT2D eigenvalue weighted by Gasteiger charge is -2.18. The molecule has 1 aromatic heterocycles. The van der Waals surface area contributed by atoms with Gasteiger partial charge in [0.25, 0.3) is 0 Å². The average Bonchev–Trinajstić information content (AvgIpc) is 2.79. The molecule has 0 aliphatic heterocycles. The lowest BCUT2D eigenvalue weighted by Crippen LogP contribution is -2.04. The van der Waals surface area contributed by atoms with Gasteiger partial charge < -0.3 is 0 Å². The maximum atomic E-state index is 2.39. The van der Waals surface area contributed by atoms with E-state index in [0.717, 1.165) is 0 Å². The van der Waals surface area contributed by atoms with Gasteiger partial charge in [0, 0.05) is 9.75 Å². The van der Waals surface area contributed by atoms with Crippen LogP contribution in [0.15, 0.2) is 24.3 Å². The van der Waals surface area contributed by atoms with Crippen LogP contribution in [0.3, 0.4) is 0 Å². The second kappa shape index (κ2) is 4.24. The molecular formula is C17H20S. The van der Waals surface area contributed by atoms with Gasteiger partial charge >= 0.3 is 0 Å². The molecule has 1 aromatic carbocycles. The number of aryl methyl sites for hydroxylation is 2. The number of hydrogen-bond acceptors (Lipinski definition) is 1. The van der Waals surface area contributed by atoms with Crippen molar-refractivity contribution in [2.45, 2.75) is 46.0 Å². The fraction of sp³-hybridized carbons (Fsp3) is 0.412. The third kappa shape index (κ3) is 1.65. The Morgan fingerprint density at radius 3 is 2.39 bits per heavy atom. The minimum Gasteiger partial charge on any atom is -0.145 e. The Balaban J connectivity index is 2.06. The molecule has 0 bridgehead atoms. The van der Waals surface area contributed by atoms with Gasteiger partial charge in [0.15, 0.2) is 0 Å². The molecule has 2 atom stereocenters. The molecule has 1 aliphatic rings. The summed E-state index contributed by atoms with van der Waals surface area (Å²) in [7, 11) is 0. The Hall–Kier alpha value is -1.08. The molecule has 0 saturated heterocycles. The van der Waals surface area contributed by atoms with E-state index in [1.807, 2.05) is 11.3 Å². The van der Waals surface area contributed by atoms with Crippen LogP contribution in [0.25, 0.3) is 0 Å². The van der Waals surface area contributed by atoms with Crippen molar-refractivity contribution in [3.63, 3.8) is 0 Å². The molecule has 0 amide bonds. The molecule has 0 fully saturated rings. The third-order valence-corrected chi connectivity index (χ3v) is 5.72. The first kappa shape index (κ1) is 12.0. The number of thiophene rings is 1. The molecule has 1 heterocycles. The molecule has 0 radical (unpaired) electrons. The molecule has 0 saturated carbocycles. The van der Waals surface area contributed by atoms with Crippen LogP contribution in [0.4, 0.5) is 0 Å². The molecule has 1 unspecified atom stereocenters. The first-order chi connectivity index (χ1) is 8.59. The first-order valence-electron chi connectivity index (χ1n) is 6.74. The molecule has 18 heavy (non-hydrogen) atoms. The van der Waals surface area contributed by atoms with Gasteiger partial charge in [-0.25, -0.2) is 0 Å². The first-order valence-corrected chi connectivity index (χ1v) is 7.55. The van der Waals surface area contributed by atoms with Crippen LogP contribution in [-0.2, 0) is 6.42 Å². The fourth-order valence-corrected chi connectivity index (χ4v) is 4.64. The van der Waals surface area contributed by atoms with Crippen LogP contribution < -0.4 is 0 Å². The van der Waals surface area contributed by atoms with Gasteiger partial charge in [-0.05, 0) is 61.3 Å². The largest absolute Gasteiger partial charge is 0.145 e. The highest BCUT2D eigenvalue weighted by Crippen LogP contribution is 2.47. The van der Waals surface area contributed by atoms with Gasteiger partial charge in [0.05, 0.1) is 0 Å². The van der Waals surface area contributed by atoms with Crippen molar-refractivity contribution in [1.82, 2.24) is 0 Å². The summed E-state index contributed by atoms with van der Waals surface area (Å²) in [6, 6.07) is 8.96. The average molecular weight is 256 g/mol. The predicted molar refractivity (Wildman–Crippen MR) is 79.8 cm³/mol. The van der Waals surface area contributed by atoms with Crippen molar-refractivity contribution in [3.05, 3.63) is 56.3 Å². The molecule has 1 aliphatic carbocycles. The highest BCUT2D eigenvalue weighted by Gasteiger charge is 2.32. The number of rotatable bonds is 1. The Morgan fingerprint density at radius 1 is 1.06 bits per heavy atom. The van der Waals surface area contributed by atoms with Crippen molar-refractivity contribution >= 4 is 11.3 Å². The van der Waals surface area contributed by atoms with E-state index in [0.29, 0.717) is 11.8 Å². The molecule has 0 nitrogen and oxygen atoms in total. The lowest BCUT2D eigenvalue weighted by atomic mass is 9.86. The van der Waals surface area contributed by atoms with Gasteiger partial charge in [0.2, 0.25) is 0 Å². The standard InChI is InChI=1S/C17H20S/c1-10-12(3)18-13(4)17(10)16-9-14-7-5-6-8-15(14)11(16)2/h5-8,11,16H,9H2,1-4H3/t11-,16?/m1/s1.